The van der Waals surface area contributed by atoms with E-state index in [9.17, 15) is 18.0 Å². The number of rotatable bonds is 13. The first-order chi connectivity index (χ1) is 19.4. The highest BCUT2D eigenvalue weighted by Gasteiger charge is 2.32. The second-order valence-electron chi connectivity index (χ2n) is 11.0. The molecule has 0 aliphatic rings. The molecular formula is C32H41N3O5S. The van der Waals surface area contributed by atoms with E-state index in [4.69, 9.17) is 4.74 Å². The molecule has 0 bridgehead atoms. The minimum absolute atomic E-state index is 0.267. The Bertz CT molecular complexity index is 1370. The number of ether oxygens (including phenoxy) is 1. The summed E-state index contributed by atoms with van der Waals surface area (Å²) in [7, 11) is -3.82. The second-order valence-corrected chi connectivity index (χ2v) is 12.9. The van der Waals surface area contributed by atoms with Crippen LogP contribution in [0.1, 0.15) is 45.2 Å². The van der Waals surface area contributed by atoms with Crippen LogP contribution in [0, 0.1) is 0 Å². The lowest BCUT2D eigenvalue weighted by atomic mass is 10.1. The minimum Gasteiger partial charge on any atom is -0.489 e. The summed E-state index contributed by atoms with van der Waals surface area (Å²) in [5.41, 5.74) is 1.88. The van der Waals surface area contributed by atoms with Gasteiger partial charge >= 0.3 is 0 Å². The van der Waals surface area contributed by atoms with Crippen molar-refractivity contribution in [1.82, 2.24) is 10.2 Å². The number of anilines is 1. The van der Waals surface area contributed by atoms with Crippen molar-refractivity contribution in [3.8, 4) is 5.75 Å². The zero-order valence-electron chi connectivity index (χ0n) is 24.5. The average molecular weight is 580 g/mol. The lowest BCUT2D eigenvalue weighted by molar-refractivity contribution is -0.140. The molecule has 0 radical (unpaired) electrons. The van der Waals surface area contributed by atoms with Crippen LogP contribution in [0.3, 0.4) is 0 Å². The number of carbonyl (C=O) groups excluding carboxylic acids is 2. The van der Waals surface area contributed by atoms with Crippen molar-refractivity contribution in [3.63, 3.8) is 0 Å². The summed E-state index contributed by atoms with van der Waals surface area (Å²) in [4.78, 5) is 28.6. The summed E-state index contributed by atoms with van der Waals surface area (Å²) in [6.07, 6.45) is 1.98. The monoisotopic (exact) mass is 579 g/mol. The zero-order chi connectivity index (χ0) is 30.0. The summed E-state index contributed by atoms with van der Waals surface area (Å²) in [5, 5.41) is 2.97. The number of hydrogen-bond acceptors (Lipinski definition) is 5. The van der Waals surface area contributed by atoms with Gasteiger partial charge in [-0.05, 0) is 69.0 Å². The standard InChI is InChI=1S/C32H41N3O5S/c1-6-29(31(37)33-32(2,3)4)34(22-21-25-13-9-7-10-14-25)30(36)23-35(41(5,38)39)27-17-19-28(20-18-27)40-24-26-15-11-8-12-16-26/h7-20,29H,6,21-24H2,1-5H3,(H,33,37)/t29-/m1/s1. The molecule has 0 saturated heterocycles. The summed E-state index contributed by atoms with van der Waals surface area (Å²) in [6.45, 7) is 7.70. The van der Waals surface area contributed by atoms with Crippen molar-refractivity contribution >= 4 is 27.5 Å². The molecule has 0 aliphatic heterocycles. The van der Waals surface area contributed by atoms with Crippen molar-refractivity contribution in [2.45, 2.75) is 58.7 Å². The normalized spacial score (nSPS) is 12.3. The molecule has 0 aromatic heterocycles. The summed E-state index contributed by atoms with van der Waals surface area (Å²) in [6, 6.07) is 25.2. The third-order valence-corrected chi connectivity index (χ3v) is 7.56. The predicted molar refractivity (Wildman–Crippen MR) is 163 cm³/mol. The molecule has 9 heteroatoms. The fraction of sp³-hybridized carbons (Fsp3) is 0.375. The van der Waals surface area contributed by atoms with E-state index in [-0.39, 0.29) is 12.5 Å². The van der Waals surface area contributed by atoms with E-state index in [1.807, 2.05) is 88.4 Å². The maximum atomic E-state index is 13.8. The molecule has 41 heavy (non-hydrogen) atoms. The molecule has 2 amide bonds. The fourth-order valence-corrected chi connectivity index (χ4v) is 5.26. The summed E-state index contributed by atoms with van der Waals surface area (Å²) in [5.74, 6) is -0.148. The van der Waals surface area contributed by atoms with Gasteiger partial charge in [-0.2, -0.15) is 0 Å². The first-order valence-electron chi connectivity index (χ1n) is 13.8. The van der Waals surface area contributed by atoms with E-state index in [1.54, 1.807) is 24.3 Å². The molecule has 0 fully saturated rings. The van der Waals surface area contributed by atoms with E-state index in [1.165, 1.54) is 4.90 Å². The molecule has 8 nitrogen and oxygen atoms in total. The van der Waals surface area contributed by atoms with Crippen LogP contribution in [0.15, 0.2) is 84.9 Å². The van der Waals surface area contributed by atoms with E-state index >= 15 is 0 Å². The number of carbonyl (C=O) groups is 2. The fourth-order valence-electron chi connectivity index (χ4n) is 4.41. The van der Waals surface area contributed by atoms with E-state index in [0.29, 0.717) is 30.9 Å². The van der Waals surface area contributed by atoms with Gasteiger partial charge in [-0.25, -0.2) is 8.42 Å². The predicted octanol–water partition coefficient (Wildman–Crippen LogP) is 4.80. The van der Waals surface area contributed by atoms with Gasteiger partial charge in [0, 0.05) is 12.1 Å². The Labute approximate surface area is 244 Å². The summed E-state index contributed by atoms with van der Waals surface area (Å²) >= 11 is 0. The molecule has 0 heterocycles. The number of amides is 2. The lowest BCUT2D eigenvalue weighted by Crippen LogP contribution is -2.56. The minimum atomic E-state index is -3.82. The van der Waals surface area contributed by atoms with Crippen molar-refractivity contribution in [2.75, 3.05) is 23.7 Å². The molecule has 0 unspecified atom stereocenters. The summed E-state index contributed by atoms with van der Waals surface area (Å²) < 4.78 is 32.6. The molecule has 1 N–H and O–H groups in total. The van der Waals surface area contributed by atoms with Crippen LogP contribution in [-0.4, -0.2) is 56.1 Å². The third kappa shape index (κ3) is 9.93. The van der Waals surface area contributed by atoms with Gasteiger partial charge in [0.1, 0.15) is 24.9 Å². The van der Waals surface area contributed by atoms with Crippen LogP contribution in [0.4, 0.5) is 5.69 Å². The van der Waals surface area contributed by atoms with E-state index in [0.717, 1.165) is 21.7 Å². The Morgan fingerprint density at radius 1 is 0.878 bits per heavy atom. The van der Waals surface area contributed by atoms with Crippen LogP contribution in [0.25, 0.3) is 0 Å². The van der Waals surface area contributed by atoms with Crippen LogP contribution in [0.2, 0.25) is 0 Å². The smallest absolute Gasteiger partial charge is 0.244 e. The molecule has 1 atom stereocenters. The second kappa shape index (κ2) is 14.2. The van der Waals surface area contributed by atoms with Crippen LogP contribution in [-0.2, 0) is 32.6 Å². The first-order valence-corrected chi connectivity index (χ1v) is 15.6. The first kappa shape index (κ1) is 31.7. The average Bonchev–Trinajstić information content (AvgIpc) is 2.92. The molecule has 0 saturated carbocycles. The Morgan fingerprint density at radius 2 is 1.44 bits per heavy atom. The van der Waals surface area contributed by atoms with Gasteiger partial charge in [-0.3, -0.25) is 13.9 Å². The highest BCUT2D eigenvalue weighted by Crippen LogP contribution is 2.23. The topological polar surface area (TPSA) is 96.0 Å². The number of nitrogens with zero attached hydrogens (tertiary/aromatic N) is 2. The Kier molecular flexibility index (Phi) is 10.9. The highest BCUT2D eigenvalue weighted by molar-refractivity contribution is 7.92. The molecule has 3 aromatic rings. The number of sulfonamides is 1. The maximum absolute atomic E-state index is 13.8. The van der Waals surface area contributed by atoms with E-state index in [2.05, 4.69) is 5.32 Å². The zero-order valence-corrected chi connectivity index (χ0v) is 25.4. The van der Waals surface area contributed by atoms with Crippen molar-refractivity contribution in [1.29, 1.82) is 0 Å². The molecular weight excluding hydrogens is 538 g/mol. The molecule has 0 spiro atoms. The van der Waals surface area contributed by atoms with Crippen molar-refractivity contribution < 1.29 is 22.7 Å². The van der Waals surface area contributed by atoms with Gasteiger partial charge in [0.05, 0.1) is 11.9 Å². The van der Waals surface area contributed by atoms with Gasteiger partial charge in [0.25, 0.3) is 0 Å². The number of hydrogen-bond donors (Lipinski definition) is 1. The number of benzene rings is 3. The van der Waals surface area contributed by atoms with Gasteiger partial charge in [-0.1, -0.05) is 67.6 Å². The third-order valence-electron chi connectivity index (χ3n) is 6.42. The quantitative estimate of drug-likeness (QED) is 0.314. The van der Waals surface area contributed by atoms with Gasteiger partial charge in [0.15, 0.2) is 0 Å². The van der Waals surface area contributed by atoms with Crippen LogP contribution >= 0.6 is 0 Å². The highest BCUT2D eigenvalue weighted by atomic mass is 32.2. The van der Waals surface area contributed by atoms with Crippen LogP contribution in [0.5, 0.6) is 5.75 Å². The maximum Gasteiger partial charge on any atom is 0.244 e. The Balaban J connectivity index is 1.82. The number of nitrogens with one attached hydrogen (secondary N) is 1. The van der Waals surface area contributed by atoms with Crippen molar-refractivity contribution in [3.05, 3.63) is 96.1 Å². The molecule has 3 aromatic carbocycles. The lowest BCUT2D eigenvalue weighted by Gasteiger charge is -2.34. The molecule has 220 valence electrons. The van der Waals surface area contributed by atoms with Gasteiger partial charge < -0.3 is 15.0 Å². The largest absolute Gasteiger partial charge is 0.489 e. The van der Waals surface area contributed by atoms with Gasteiger partial charge in [-0.15, -0.1) is 0 Å². The Morgan fingerprint density at radius 3 is 1.95 bits per heavy atom. The van der Waals surface area contributed by atoms with E-state index < -0.39 is 34.1 Å². The SMILES string of the molecule is CC[C@H](C(=O)NC(C)(C)C)N(CCc1ccccc1)C(=O)CN(c1ccc(OCc2ccccc2)cc1)S(C)(=O)=O. The molecule has 0 aliphatic carbocycles. The van der Waals surface area contributed by atoms with Gasteiger partial charge in [0.2, 0.25) is 21.8 Å². The Hall–Kier alpha value is -3.85. The van der Waals surface area contributed by atoms with Crippen molar-refractivity contribution in [2.24, 2.45) is 0 Å². The molecule has 3 rings (SSSR count). The van der Waals surface area contributed by atoms with Crippen LogP contribution < -0.4 is 14.4 Å².